The van der Waals surface area contributed by atoms with Crippen molar-refractivity contribution in [2.45, 2.75) is 30.2 Å². The minimum atomic E-state index is -3.46. The summed E-state index contributed by atoms with van der Waals surface area (Å²) in [5, 5.41) is 0.207. The van der Waals surface area contributed by atoms with Crippen LogP contribution in [0.3, 0.4) is 0 Å². The highest BCUT2D eigenvalue weighted by Crippen LogP contribution is 2.65. The van der Waals surface area contributed by atoms with Gasteiger partial charge in [-0.3, -0.25) is 0 Å². The number of aromatic nitrogens is 1. The van der Waals surface area contributed by atoms with Crippen LogP contribution in [-0.2, 0) is 10.0 Å². The van der Waals surface area contributed by atoms with Crippen molar-refractivity contribution in [3.8, 4) is 0 Å². The van der Waals surface area contributed by atoms with Crippen molar-refractivity contribution in [2.75, 3.05) is 0 Å². The normalized spacial score (nSPS) is 39.3. The molecule has 4 unspecified atom stereocenters. The SMILES string of the molecule is O=S(=O)(NC1C2C3CCC(C3)C12)c1ccnc(Cl)c1. The van der Waals surface area contributed by atoms with Crippen molar-refractivity contribution < 1.29 is 8.42 Å². The van der Waals surface area contributed by atoms with E-state index in [0.29, 0.717) is 11.8 Å². The summed E-state index contributed by atoms with van der Waals surface area (Å²) in [6, 6.07) is 3.04. The molecule has 1 N–H and O–H groups in total. The first-order valence-electron chi connectivity index (χ1n) is 6.70. The molecule has 4 nitrogen and oxygen atoms in total. The number of rotatable bonds is 3. The van der Waals surface area contributed by atoms with Gasteiger partial charge >= 0.3 is 0 Å². The van der Waals surface area contributed by atoms with E-state index in [2.05, 4.69) is 9.71 Å². The van der Waals surface area contributed by atoms with E-state index in [1.807, 2.05) is 0 Å². The number of pyridine rings is 1. The molecule has 3 saturated carbocycles. The molecular weight excluding hydrogens is 284 g/mol. The van der Waals surface area contributed by atoms with E-state index >= 15 is 0 Å². The van der Waals surface area contributed by atoms with Crippen molar-refractivity contribution in [2.24, 2.45) is 23.7 Å². The van der Waals surface area contributed by atoms with Crippen LogP contribution in [0.25, 0.3) is 0 Å². The zero-order valence-electron chi connectivity index (χ0n) is 10.3. The summed E-state index contributed by atoms with van der Waals surface area (Å²) in [4.78, 5) is 4.03. The molecule has 3 aliphatic carbocycles. The molecule has 6 heteroatoms. The Morgan fingerprint density at radius 3 is 2.58 bits per heavy atom. The van der Waals surface area contributed by atoms with Crippen LogP contribution in [0.5, 0.6) is 0 Å². The molecule has 2 bridgehead atoms. The molecule has 3 fully saturated rings. The lowest BCUT2D eigenvalue weighted by atomic mass is 10.0. The number of fused-ring (bicyclic) bond motifs is 5. The summed E-state index contributed by atoms with van der Waals surface area (Å²) < 4.78 is 27.5. The van der Waals surface area contributed by atoms with Crippen LogP contribution in [0.2, 0.25) is 5.15 Å². The monoisotopic (exact) mass is 298 g/mol. The van der Waals surface area contributed by atoms with Crippen molar-refractivity contribution >= 4 is 21.6 Å². The van der Waals surface area contributed by atoms with Crippen molar-refractivity contribution in [3.63, 3.8) is 0 Å². The molecule has 0 aliphatic heterocycles. The largest absolute Gasteiger partial charge is 0.244 e. The Bertz CT molecular complexity index is 617. The van der Waals surface area contributed by atoms with Crippen LogP contribution >= 0.6 is 11.6 Å². The number of hydrogen-bond donors (Lipinski definition) is 1. The summed E-state index contributed by atoms with van der Waals surface area (Å²) in [7, 11) is -3.46. The Kier molecular flexibility index (Phi) is 2.51. The smallest absolute Gasteiger partial charge is 0.241 e. The lowest BCUT2D eigenvalue weighted by Gasteiger charge is -2.11. The molecule has 0 amide bonds. The van der Waals surface area contributed by atoms with Gasteiger partial charge in [-0.05, 0) is 55.1 Å². The van der Waals surface area contributed by atoms with Gasteiger partial charge in [0.15, 0.2) is 0 Å². The van der Waals surface area contributed by atoms with Crippen LogP contribution in [-0.4, -0.2) is 19.4 Å². The average molecular weight is 299 g/mol. The maximum atomic E-state index is 12.3. The third kappa shape index (κ3) is 1.82. The van der Waals surface area contributed by atoms with E-state index in [4.69, 9.17) is 11.6 Å². The number of halogens is 1. The molecule has 19 heavy (non-hydrogen) atoms. The standard InChI is InChI=1S/C13H15ClN2O2S/c14-10-6-9(3-4-15-10)19(17,18)16-13-11-7-1-2-8(5-7)12(11)13/h3-4,6-8,11-13,16H,1-2,5H2. The Morgan fingerprint density at radius 1 is 1.26 bits per heavy atom. The minimum Gasteiger partial charge on any atom is -0.244 e. The third-order valence-corrected chi connectivity index (χ3v) is 6.70. The van der Waals surface area contributed by atoms with Gasteiger partial charge in [0, 0.05) is 12.2 Å². The summed E-state index contributed by atoms with van der Waals surface area (Å²) in [6.45, 7) is 0. The van der Waals surface area contributed by atoms with E-state index in [9.17, 15) is 8.42 Å². The first-order valence-corrected chi connectivity index (χ1v) is 8.56. The summed E-state index contributed by atoms with van der Waals surface area (Å²) in [6.07, 6.45) is 5.30. The Hall–Kier alpha value is -0.650. The molecule has 1 heterocycles. The fourth-order valence-corrected chi connectivity index (χ4v) is 5.84. The molecule has 4 rings (SSSR count). The van der Waals surface area contributed by atoms with E-state index < -0.39 is 10.0 Å². The molecule has 1 aromatic heterocycles. The fraction of sp³-hybridized carbons (Fsp3) is 0.615. The van der Waals surface area contributed by atoms with Crippen LogP contribution < -0.4 is 4.72 Å². The van der Waals surface area contributed by atoms with Crippen LogP contribution in [0.4, 0.5) is 0 Å². The second kappa shape index (κ2) is 3.93. The lowest BCUT2D eigenvalue weighted by molar-refractivity contribution is 0.456. The van der Waals surface area contributed by atoms with Gasteiger partial charge in [0.25, 0.3) is 0 Å². The van der Waals surface area contributed by atoms with Gasteiger partial charge in [-0.2, -0.15) is 0 Å². The zero-order valence-corrected chi connectivity index (χ0v) is 11.9. The van der Waals surface area contributed by atoms with E-state index in [1.54, 1.807) is 0 Å². The number of nitrogens with one attached hydrogen (secondary N) is 1. The molecule has 102 valence electrons. The lowest BCUT2D eigenvalue weighted by Crippen LogP contribution is -2.30. The molecule has 0 spiro atoms. The molecular formula is C13H15ClN2O2S. The third-order valence-electron chi connectivity index (χ3n) is 5.03. The van der Waals surface area contributed by atoms with E-state index in [-0.39, 0.29) is 16.1 Å². The second-order valence-corrected chi connectivity index (χ2v) is 8.05. The maximum Gasteiger partial charge on any atom is 0.241 e. The predicted octanol–water partition coefficient (Wildman–Crippen LogP) is 2.06. The molecule has 0 radical (unpaired) electrons. The van der Waals surface area contributed by atoms with Crippen molar-refractivity contribution in [1.82, 2.24) is 9.71 Å². The van der Waals surface area contributed by atoms with Gasteiger partial charge in [0.2, 0.25) is 10.0 Å². The van der Waals surface area contributed by atoms with Crippen molar-refractivity contribution in [3.05, 3.63) is 23.5 Å². The summed E-state index contributed by atoms with van der Waals surface area (Å²) in [5.41, 5.74) is 0. The van der Waals surface area contributed by atoms with Gasteiger partial charge in [-0.1, -0.05) is 11.6 Å². The number of sulfonamides is 1. The van der Waals surface area contributed by atoms with Gasteiger partial charge < -0.3 is 0 Å². The number of hydrogen-bond acceptors (Lipinski definition) is 3. The van der Waals surface area contributed by atoms with Gasteiger partial charge in [-0.15, -0.1) is 0 Å². The van der Waals surface area contributed by atoms with Gasteiger partial charge in [0.1, 0.15) is 5.15 Å². The fourth-order valence-electron chi connectivity index (χ4n) is 4.28. The zero-order chi connectivity index (χ0) is 13.2. The number of nitrogens with zero attached hydrogens (tertiary/aromatic N) is 1. The molecule has 0 saturated heterocycles. The minimum absolute atomic E-state index is 0.156. The first-order chi connectivity index (χ1) is 9.06. The Labute approximate surface area is 117 Å². The predicted molar refractivity (Wildman–Crippen MR) is 71.2 cm³/mol. The van der Waals surface area contributed by atoms with Crippen LogP contribution in [0.15, 0.2) is 23.2 Å². The van der Waals surface area contributed by atoms with Crippen LogP contribution in [0, 0.1) is 23.7 Å². The highest BCUT2D eigenvalue weighted by Gasteiger charge is 2.65. The van der Waals surface area contributed by atoms with Crippen LogP contribution in [0.1, 0.15) is 19.3 Å². The average Bonchev–Trinajstić information content (AvgIpc) is 2.77. The van der Waals surface area contributed by atoms with E-state index in [1.165, 1.54) is 37.6 Å². The quantitative estimate of drug-likeness (QED) is 0.869. The summed E-state index contributed by atoms with van der Waals surface area (Å²) >= 11 is 5.75. The molecule has 0 aromatic carbocycles. The molecule has 1 aromatic rings. The van der Waals surface area contributed by atoms with E-state index in [0.717, 1.165) is 11.8 Å². The van der Waals surface area contributed by atoms with Gasteiger partial charge in [-0.25, -0.2) is 18.1 Å². The Morgan fingerprint density at radius 2 is 1.95 bits per heavy atom. The topological polar surface area (TPSA) is 59.1 Å². The Balaban J connectivity index is 1.55. The maximum absolute atomic E-state index is 12.3. The first kappa shape index (κ1) is 12.1. The summed E-state index contributed by atoms with van der Waals surface area (Å²) in [5.74, 6) is 2.68. The van der Waals surface area contributed by atoms with Gasteiger partial charge in [0.05, 0.1) is 4.90 Å². The molecule has 4 atom stereocenters. The highest BCUT2D eigenvalue weighted by atomic mass is 35.5. The highest BCUT2D eigenvalue weighted by molar-refractivity contribution is 7.89. The van der Waals surface area contributed by atoms with Crippen molar-refractivity contribution in [1.29, 1.82) is 0 Å². The second-order valence-electron chi connectivity index (χ2n) is 5.95. The molecule has 3 aliphatic rings.